The molecule has 1 aromatic rings. The molecule has 0 amide bonds. The van der Waals surface area contributed by atoms with Crippen LogP contribution in [0.2, 0.25) is 0 Å². The number of rotatable bonds is 0. The van der Waals surface area contributed by atoms with Gasteiger partial charge in [0.15, 0.2) is 0 Å². The molecule has 2 bridgehead atoms. The van der Waals surface area contributed by atoms with Crippen molar-refractivity contribution in [2.45, 2.75) is 56.6 Å². The van der Waals surface area contributed by atoms with Crippen molar-refractivity contribution in [1.29, 1.82) is 0 Å². The van der Waals surface area contributed by atoms with Crippen molar-refractivity contribution in [2.24, 2.45) is 5.92 Å². The van der Waals surface area contributed by atoms with Crippen LogP contribution in [0.1, 0.15) is 42.4 Å². The van der Waals surface area contributed by atoms with Crippen molar-refractivity contribution in [3.05, 3.63) is 28.8 Å². The lowest BCUT2D eigenvalue weighted by Gasteiger charge is -2.57. The molecule has 3 N–H and O–H groups in total. The lowest BCUT2D eigenvalue weighted by atomic mass is 9.52. The summed E-state index contributed by atoms with van der Waals surface area (Å²) in [5, 5.41) is 24.0. The molecule has 1 aliphatic heterocycles. The van der Waals surface area contributed by atoms with E-state index in [1.54, 1.807) is 0 Å². The predicted octanol–water partition coefficient (Wildman–Crippen LogP) is 2.02. The molecule has 3 aliphatic rings. The normalized spacial score (nSPS) is 39.0. The minimum Gasteiger partial charge on any atom is -0.508 e. The summed E-state index contributed by atoms with van der Waals surface area (Å²) in [6, 6.07) is 4.41. The van der Waals surface area contributed by atoms with Gasteiger partial charge in [-0.2, -0.15) is 0 Å². The number of aryl methyl sites for hydroxylation is 1. The first kappa shape index (κ1) is 12.7. The summed E-state index contributed by atoms with van der Waals surface area (Å²) >= 11 is 0. The molecule has 2 fully saturated rings. The molecule has 1 saturated heterocycles. The summed E-state index contributed by atoms with van der Waals surface area (Å²) in [5.74, 6) is 1.000. The second-order valence-corrected chi connectivity index (χ2v) is 7.00. The predicted molar refractivity (Wildman–Crippen MR) is 78.0 cm³/mol. The maximum Gasteiger partial charge on any atom is 0.116 e. The summed E-state index contributed by atoms with van der Waals surface area (Å²) in [6.45, 7) is 3.13. The van der Waals surface area contributed by atoms with Crippen LogP contribution in [-0.4, -0.2) is 28.9 Å². The van der Waals surface area contributed by atoms with Gasteiger partial charge in [-0.1, -0.05) is 0 Å². The first-order valence-electron chi connectivity index (χ1n) is 7.84. The molecular weight excluding hydrogens is 250 g/mol. The van der Waals surface area contributed by atoms with Crippen LogP contribution in [0, 0.1) is 12.8 Å². The highest BCUT2D eigenvalue weighted by atomic mass is 16.3. The molecule has 0 aromatic heterocycles. The highest BCUT2D eigenvalue weighted by Crippen LogP contribution is 2.54. The van der Waals surface area contributed by atoms with E-state index in [0.717, 1.165) is 38.6 Å². The van der Waals surface area contributed by atoms with Gasteiger partial charge in [0.1, 0.15) is 5.75 Å². The van der Waals surface area contributed by atoms with Crippen molar-refractivity contribution in [3.8, 4) is 5.75 Å². The number of hydrogen-bond acceptors (Lipinski definition) is 3. The topological polar surface area (TPSA) is 52.5 Å². The third-order valence-electron chi connectivity index (χ3n) is 6.00. The van der Waals surface area contributed by atoms with Crippen LogP contribution in [0.5, 0.6) is 5.75 Å². The third-order valence-corrected chi connectivity index (χ3v) is 6.00. The highest BCUT2D eigenvalue weighted by Gasteiger charge is 2.53. The van der Waals surface area contributed by atoms with E-state index in [-0.39, 0.29) is 11.5 Å². The number of piperidine rings is 1. The molecule has 0 spiro atoms. The highest BCUT2D eigenvalue weighted by molar-refractivity contribution is 5.49. The second-order valence-electron chi connectivity index (χ2n) is 7.00. The minimum absolute atomic E-state index is 0.0880. The molecule has 4 atom stereocenters. The molecule has 3 nitrogen and oxygen atoms in total. The van der Waals surface area contributed by atoms with Gasteiger partial charge in [0.2, 0.25) is 0 Å². The number of aliphatic hydroxyl groups is 1. The van der Waals surface area contributed by atoms with Crippen LogP contribution in [0.25, 0.3) is 0 Å². The summed E-state index contributed by atoms with van der Waals surface area (Å²) in [5.41, 5.74) is 4.03. The number of hydrogen-bond donors (Lipinski definition) is 3. The summed E-state index contributed by atoms with van der Waals surface area (Å²) in [4.78, 5) is 0. The van der Waals surface area contributed by atoms with E-state index in [4.69, 9.17) is 0 Å². The lowest BCUT2D eigenvalue weighted by Crippen LogP contribution is -2.61. The van der Waals surface area contributed by atoms with Crippen LogP contribution in [-0.2, 0) is 11.8 Å². The van der Waals surface area contributed by atoms with Crippen molar-refractivity contribution in [1.82, 2.24) is 5.32 Å². The number of nitrogens with one attached hydrogen (secondary N) is 1. The SMILES string of the molecule is Cc1cc(O)cc2c1C[C@H]1NCC[C@@]23C[C@@H](O)CC[C@@H]13. The van der Waals surface area contributed by atoms with E-state index < -0.39 is 0 Å². The maximum absolute atomic E-state index is 10.2. The van der Waals surface area contributed by atoms with Crippen molar-refractivity contribution in [2.75, 3.05) is 6.54 Å². The number of fused-ring (bicyclic) bond motifs is 1. The van der Waals surface area contributed by atoms with Gasteiger partial charge in [0.25, 0.3) is 0 Å². The zero-order chi connectivity index (χ0) is 13.9. The van der Waals surface area contributed by atoms with Crippen LogP contribution < -0.4 is 5.32 Å². The van der Waals surface area contributed by atoms with Gasteiger partial charge < -0.3 is 15.5 Å². The Morgan fingerprint density at radius 1 is 1.30 bits per heavy atom. The monoisotopic (exact) mass is 273 g/mol. The van der Waals surface area contributed by atoms with Crippen LogP contribution >= 0.6 is 0 Å². The van der Waals surface area contributed by atoms with E-state index in [2.05, 4.69) is 12.2 Å². The van der Waals surface area contributed by atoms with Crippen molar-refractivity contribution in [3.63, 3.8) is 0 Å². The number of benzene rings is 1. The van der Waals surface area contributed by atoms with E-state index in [9.17, 15) is 10.2 Å². The fourth-order valence-corrected chi connectivity index (χ4v) is 5.21. The fourth-order valence-electron chi connectivity index (χ4n) is 5.21. The Hall–Kier alpha value is -1.06. The van der Waals surface area contributed by atoms with E-state index in [1.165, 1.54) is 16.7 Å². The molecule has 4 rings (SSSR count). The largest absolute Gasteiger partial charge is 0.508 e. The summed E-state index contributed by atoms with van der Waals surface area (Å²) < 4.78 is 0. The average molecular weight is 273 g/mol. The zero-order valence-corrected chi connectivity index (χ0v) is 12.0. The maximum atomic E-state index is 10.2. The molecule has 1 heterocycles. The molecular formula is C17H23NO2. The molecule has 1 saturated carbocycles. The lowest BCUT2D eigenvalue weighted by molar-refractivity contribution is 0.00358. The van der Waals surface area contributed by atoms with Gasteiger partial charge >= 0.3 is 0 Å². The molecule has 2 aliphatic carbocycles. The molecule has 3 heteroatoms. The minimum atomic E-state index is -0.182. The molecule has 108 valence electrons. The van der Waals surface area contributed by atoms with Gasteiger partial charge in [-0.05, 0) is 80.3 Å². The van der Waals surface area contributed by atoms with E-state index in [0.29, 0.717) is 17.7 Å². The van der Waals surface area contributed by atoms with Gasteiger partial charge in [-0.15, -0.1) is 0 Å². The smallest absolute Gasteiger partial charge is 0.116 e. The Labute approximate surface area is 120 Å². The van der Waals surface area contributed by atoms with Gasteiger partial charge in [-0.3, -0.25) is 0 Å². The van der Waals surface area contributed by atoms with Gasteiger partial charge in [-0.25, -0.2) is 0 Å². The van der Waals surface area contributed by atoms with Crippen LogP contribution in [0.3, 0.4) is 0 Å². The quantitative estimate of drug-likeness (QED) is 0.678. The number of phenolic OH excluding ortho intramolecular Hbond substituents is 1. The number of aromatic hydroxyl groups is 1. The molecule has 1 aromatic carbocycles. The van der Waals surface area contributed by atoms with Crippen LogP contribution in [0.4, 0.5) is 0 Å². The Bertz CT molecular complexity index is 556. The fraction of sp³-hybridized carbons (Fsp3) is 0.647. The Kier molecular flexibility index (Phi) is 2.67. The number of phenols is 1. The van der Waals surface area contributed by atoms with E-state index >= 15 is 0 Å². The number of aliphatic hydroxyl groups excluding tert-OH is 1. The second kappa shape index (κ2) is 4.22. The molecule has 0 radical (unpaired) electrons. The standard InChI is InChI=1S/C17H23NO2/c1-10-6-12(20)7-15-13(10)8-16-14-3-2-11(19)9-17(14,15)4-5-18-16/h6-7,11,14,16,18-20H,2-5,8-9H2,1H3/t11-,14-,16+,17-/m0/s1. The Morgan fingerprint density at radius 3 is 3.00 bits per heavy atom. The van der Waals surface area contributed by atoms with Crippen molar-refractivity contribution < 1.29 is 10.2 Å². The van der Waals surface area contributed by atoms with Gasteiger partial charge in [0, 0.05) is 11.5 Å². The Morgan fingerprint density at radius 2 is 2.15 bits per heavy atom. The molecule has 20 heavy (non-hydrogen) atoms. The van der Waals surface area contributed by atoms with Crippen LogP contribution in [0.15, 0.2) is 12.1 Å². The summed E-state index contributed by atoms with van der Waals surface area (Å²) in [7, 11) is 0. The van der Waals surface area contributed by atoms with Gasteiger partial charge in [0.05, 0.1) is 6.10 Å². The zero-order valence-electron chi connectivity index (χ0n) is 12.0. The third kappa shape index (κ3) is 1.60. The molecule has 0 unspecified atom stereocenters. The van der Waals surface area contributed by atoms with E-state index in [1.807, 2.05) is 12.1 Å². The van der Waals surface area contributed by atoms with Crippen molar-refractivity contribution >= 4 is 0 Å². The first-order valence-corrected chi connectivity index (χ1v) is 7.84. The first-order chi connectivity index (χ1) is 9.60. The Balaban J connectivity index is 1.93. The summed E-state index contributed by atoms with van der Waals surface area (Å²) in [6.07, 6.45) is 4.88. The average Bonchev–Trinajstić information content (AvgIpc) is 2.39.